The molecule has 3 nitrogen and oxygen atoms in total. The number of hydrogen-bond donors (Lipinski definition) is 2. The highest BCUT2D eigenvalue weighted by Crippen LogP contribution is 2.41. The van der Waals surface area contributed by atoms with Crippen LogP contribution in [0.1, 0.15) is 19.4 Å². The van der Waals surface area contributed by atoms with Crippen LogP contribution in [0, 0.1) is 5.92 Å². The molecule has 4 rings (SSSR count). The van der Waals surface area contributed by atoms with Crippen LogP contribution in [-0.4, -0.2) is 29.1 Å². The van der Waals surface area contributed by atoms with Crippen molar-refractivity contribution in [2.75, 3.05) is 6.61 Å². The van der Waals surface area contributed by atoms with Gasteiger partial charge in [0.15, 0.2) is 0 Å². The fourth-order valence-corrected chi connectivity index (χ4v) is 3.78. The van der Waals surface area contributed by atoms with Crippen molar-refractivity contribution in [1.29, 1.82) is 0 Å². The number of hydrogen-bond acceptors (Lipinski definition) is 3. The van der Waals surface area contributed by atoms with Gasteiger partial charge < -0.3 is 10.2 Å². The van der Waals surface area contributed by atoms with Crippen LogP contribution in [0.2, 0.25) is 0 Å². The molecule has 4 aromatic carbocycles. The molecule has 0 saturated heterocycles. The molecule has 3 heteroatoms. The maximum absolute atomic E-state index is 11.3. The molecule has 0 aliphatic rings. The lowest BCUT2D eigenvalue weighted by atomic mass is 9.91. The van der Waals surface area contributed by atoms with E-state index in [1.54, 1.807) is 6.21 Å². The number of aliphatic imine (C=N–C) groups is 1. The molecule has 0 saturated carbocycles. The van der Waals surface area contributed by atoms with Crippen LogP contribution in [0.25, 0.3) is 32.7 Å². The second kappa shape index (κ2) is 8.06. The summed E-state index contributed by atoms with van der Waals surface area (Å²) in [5.41, 5.74) is 2.46. The predicted octanol–water partition coefficient (Wildman–Crippen LogP) is 5.80. The third-order valence-electron chi connectivity index (χ3n) is 5.47. The Kier molecular flexibility index (Phi) is 5.32. The van der Waals surface area contributed by atoms with Gasteiger partial charge in [0.1, 0.15) is 5.75 Å². The van der Waals surface area contributed by atoms with Gasteiger partial charge in [-0.05, 0) is 39.1 Å². The zero-order valence-electron chi connectivity index (χ0n) is 16.7. The van der Waals surface area contributed by atoms with Gasteiger partial charge in [-0.3, -0.25) is 4.99 Å². The number of phenols is 1. The molecule has 0 aromatic heterocycles. The van der Waals surface area contributed by atoms with E-state index in [1.807, 2.05) is 62.4 Å². The SMILES string of the molecule is CC(C)C(CO)N=Cc1cc2ccccc2c(-c2cccc3ccccc23)c1O. The Morgan fingerprint density at radius 3 is 2.24 bits per heavy atom. The van der Waals surface area contributed by atoms with E-state index in [1.165, 1.54) is 0 Å². The molecule has 0 aliphatic carbocycles. The van der Waals surface area contributed by atoms with Crippen LogP contribution in [0.15, 0.2) is 77.8 Å². The van der Waals surface area contributed by atoms with Gasteiger partial charge in [0.05, 0.1) is 12.6 Å². The standard InChI is InChI=1S/C26H25NO2/c1-17(2)24(16-28)27-15-20-14-19-9-4-6-12-22(19)25(26(20)29)23-13-7-10-18-8-3-5-11-21(18)23/h3-15,17,24,28-29H,16H2,1-2H3. The van der Waals surface area contributed by atoms with Crippen molar-refractivity contribution in [3.8, 4) is 16.9 Å². The molecule has 0 amide bonds. The second-order valence-electron chi connectivity index (χ2n) is 7.71. The second-order valence-corrected chi connectivity index (χ2v) is 7.71. The van der Waals surface area contributed by atoms with Crippen LogP contribution < -0.4 is 0 Å². The normalized spacial score (nSPS) is 13.0. The molecule has 0 spiro atoms. The number of aromatic hydroxyl groups is 1. The molecule has 0 fully saturated rings. The summed E-state index contributed by atoms with van der Waals surface area (Å²) in [5.74, 6) is 0.431. The fourth-order valence-electron chi connectivity index (χ4n) is 3.78. The monoisotopic (exact) mass is 383 g/mol. The van der Waals surface area contributed by atoms with E-state index in [2.05, 4.69) is 29.3 Å². The van der Waals surface area contributed by atoms with Gasteiger partial charge in [-0.15, -0.1) is 0 Å². The van der Waals surface area contributed by atoms with Crippen molar-refractivity contribution in [1.82, 2.24) is 0 Å². The Bertz CT molecular complexity index is 1190. The smallest absolute Gasteiger partial charge is 0.132 e. The number of aliphatic hydroxyl groups excluding tert-OH is 1. The molecular weight excluding hydrogens is 358 g/mol. The minimum absolute atomic E-state index is 0.0152. The Balaban J connectivity index is 1.98. The largest absolute Gasteiger partial charge is 0.507 e. The third-order valence-corrected chi connectivity index (χ3v) is 5.47. The molecule has 29 heavy (non-hydrogen) atoms. The van der Waals surface area contributed by atoms with Gasteiger partial charge in [0.2, 0.25) is 0 Å². The Morgan fingerprint density at radius 2 is 1.52 bits per heavy atom. The summed E-state index contributed by atoms with van der Waals surface area (Å²) in [5, 5.41) is 25.1. The van der Waals surface area contributed by atoms with Crippen molar-refractivity contribution in [2.24, 2.45) is 10.9 Å². The number of fused-ring (bicyclic) bond motifs is 2. The maximum Gasteiger partial charge on any atom is 0.132 e. The van der Waals surface area contributed by atoms with Gasteiger partial charge in [0, 0.05) is 17.3 Å². The van der Waals surface area contributed by atoms with E-state index in [-0.39, 0.29) is 24.3 Å². The highest BCUT2D eigenvalue weighted by molar-refractivity contribution is 6.10. The Labute approximate surface area is 171 Å². The minimum Gasteiger partial charge on any atom is -0.507 e. The van der Waals surface area contributed by atoms with Crippen molar-refractivity contribution in [2.45, 2.75) is 19.9 Å². The van der Waals surface area contributed by atoms with E-state index < -0.39 is 0 Å². The quantitative estimate of drug-likeness (QED) is 0.428. The summed E-state index contributed by atoms with van der Waals surface area (Å²) in [4.78, 5) is 4.54. The summed E-state index contributed by atoms with van der Waals surface area (Å²) in [6.07, 6.45) is 1.69. The first kappa shape index (κ1) is 19.2. The van der Waals surface area contributed by atoms with Crippen molar-refractivity contribution in [3.63, 3.8) is 0 Å². The highest BCUT2D eigenvalue weighted by Gasteiger charge is 2.16. The summed E-state index contributed by atoms with van der Waals surface area (Å²) >= 11 is 0. The molecule has 4 aromatic rings. The van der Waals surface area contributed by atoms with Gasteiger partial charge in [-0.25, -0.2) is 0 Å². The average Bonchev–Trinajstić information content (AvgIpc) is 2.74. The van der Waals surface area contributed by atoms with Crippen molar-refractivity contribution >= 4 is 27.8 Å². The summed E-state index contributed by atoms with van der Waals surface area (Å²) in [7, 11) is 0. The topological polar surface area (TPSA) is 52.8 Å². The summed E-state index contributed by atoms with van der Waals surface area (Å²) < 4.78 is 0. The molecule has 0 heterocycles. The Hall–Kier alpha value is -3.17. The first-order valence-electron chi connectivity index (χ1n) is 9.97. The number of phenolic OH excluding ortho intramolecular Hbond substituents is 1. The van der Waals surface area contributed by atoms with Crippen LogP contribution in [0.3, 0.4) is 0 Å². The molecular formula is C26H25NO2. The van der Waals surface area contributed by atoms with Crippen molar-refractivity contribution in [3.05, 3.63) is 78.4 Å². The van der Waals surface area contributed by atoms with Crippen LogP contribution >= 0.6 is 0 Å². The van der Waals surface area contributed by atoms with Crippen LogP contribution in [0.5, 0.6) is 5.75 Å². The molecule has 1 unspecified atom stereocenters. The van der Waals surface area contributed by atoms with Gasteiger partial charge >= 0.3 is 0 Å². The predicted molar refractivity (Wildman–Crippen MR) is 122 cm³/mol. The van der Waals surface area contributed by atoms with E-state index in [0.29, 0.717) is 5.56 Å². The molecule has 0 radical (unpaired) electrons. The summed E-state index contributed by atoms with van der Waals surface area (Å²) in [6.45, 7) is 4.04. The first-order valence-corrected chi connectivity index (χ1v) is 9.97. The number of benzene rings is 4. The molecule has 146 valence electrons. The molecule has 0 bridgehead atoms. The molecule has 0 aliphatic heterocycles. The number of rotatable bonds is 5. The van der Waals surface area contributed by atoms with E-state index >= 15 is 0 Å². The summed E-state index contributed by atoms with van der Waals surface area (Å²) in [6, 6.07) is 24.2. The first-order chi connectivity index (χ1) is 14.1. The lowest BCUT2D eigenvalue weighted by Crippen LogP contribution is -2.17. The van der Waals surface area contributed by atoms with E-state index in [4.69, 9.17) is 0 Å². The third kappa shape index (κ3) is 3.62. The number of aliphatic hydroxyl groups is 1. The van der Waals surface area contributed by atoms with E-state index in [0.717, 1.165) is 32.7 Å². The number of nitrogens with zero attached hydrogens (tertiary/aromatic N) is 1. The van der Waals surface area contributed by atoms with Gasteiger partial charge in [-0.1, -0.05) is 80.6 Å². The Morgan fingerprint density at radius 1 is 0.862 bits per heavy atom. The zero-order chi connectivity index (χ0) is 20.4. The fraction of sp³-hybridized carbons (Fsp3) is 0.192. The van der Waals surface area contributed by atoms with Crippen molar-refractivity contribution < 1.29 is 10.2 Å². The highest BCUT2D eigenvalue weighted by atomic mass is 16.3. The molecule has 1 atom stereocenters. The maximum atomic E-state index is 11.3. The zero-order valence-corrected chi connectivity index (χ0v) is 16.7. The lowest BCUT2D eigenvalue weighted by molar-refractivity contribution is 0.240. The van der Waals surface area contributed by atoms with Gasteiger partial charge in [-0.2, -0.15) is 0 Å². The van der Waals surface area contributed by atoms with Crippen LogP contribution in [-0.2, 0) is 0 Å². The lowest BCUT2D eigenvalue weighted by Gasteiger charge is -2.16. The van der Waals surface area contributed by atoms with E-state index in [9.17, 15) is 10.2 Å². The average molecular weight is 383 g/mol. The van der Waals surface area contributed by atoms with Crippen LogP contribution in [0.4, 0.5) is 0 Å². The minimum atomic E-state index is -0.193. The van der Waals surface area contributed by atoms with Gasteiger partial charge in [0.25, 0.3) is 0 Å². The molecule has 2 N–H and O–H groups in total.